The van der Waals surface area contributed by atoms with Crippen LogP contribution in [0.2, 0.25) is 0 Å². The Labute approximate surface area is 202 Å². The maximum Gasteiger partial charge on any atom is 0.416 e. The van der Waals surface area contributed by atoms with E-state index in [0.717, 1.165) is 29.7 Å². The molecule has 35 heavy (non-hydrogen) atoms. The second kappa shape index (κ2) is 9.36. The quantitative estimate of drug-likeness (QED) is 0.533. The number of alkyl halides is 3. The molecule has 1 aliphatic rings. The highest BCUT2D eigenvalue weighted by Gasteiger charge is 2.41. The third kappa shape index (κ3) is 5.91. The van der Waals surface area contributed by atoms with Gasteiger partial charge < -0.3 is 10.0 Å². The number of benzene rings is 1. The Kier molecular flexibility index (Phi) is 7.18. The molecular weight excluding hydrogens is 537 g/mol. The Bertz CT molecular complexity index is 1360. The van der Waals surface area contributed by atoms with Crippen LogP contribution < -0.4 is 9.62 Å². The van der Waals surface area contributed by atoms with Gasteiger partial charge >= 0.3 is 12.1 Å². The van der Waals surface area contributed by atoms with E-state index >= 15 is 0 Å². The molecule has 0 aliphatic carbocycles. The lowest BCUT2D eigenvalue weighted by molar-refractivity contribution is -0.141. The molecule has 2 N–H and O–H groups in total. The molecule has 0 bridgehead atoms. The number of nitrogens with zero attached hydrogens (tertiary/aromatic N) is 3. The Morgan fingerprint density at radius 2 is 1.74 bits per heavy atom. The summed E-state index contributed by atoms with van der Waals surface area (Å²) in [6, 6.07) is 1.12. The van der Waals surface area contributed by atoms with Gasteiger partial charge in [-0.05, 0) is 31.2 Å². The van der Waals surface area contributed by atoms with Gasteiger partial charge in [-0.1, -0.05) is 11.3 Å². The lowest BCUT2D eigenvalue weighted by atomic mass is 10.2. The number of hydrogen-bond donors (Lipinski definition) is 2. The molecule has 192 valence electrons. The van der Waals surface area contributed by atoms with Crippen molar-refractivity contribution in [2.75, 3.05) is 30.8 Å². The number of piperazine rings is 1. The second-order valence-corrected chi connectivity index (χ2v) is 12.2. The summed E-state index contributed by atoms with van der Waals surface area (Å²) >= 11 is 0.808. The highest BCUT2D eigenvalue weighted by molar-refractivity contribution is 7.89. The molecule has 1 aromatic heterocycles. The maximum absolute atomic E-state index is 13.0. The average Bonchev–Trinajstić information content (AvgIpc) is 3.13. The number of hydrogen-bond acceptors (Lipinski definition) is 9. The molecule has 1 amide bonds. The van der Waals surface area contributed by atoms with Crippen molar-refractivity contribution in [3.8, 4) is 0 Å². The van der Waals surface area contributed by atoms with E-state index in [4.69, 9.17) is 0 Å². The molecule has 17 heteroatoms. The number of aryl methyl sites for hydroxylation is 1. The van der Waals surface area contributed by atoms with E-state index in [0.29, 0.717) is 16.4 Å². The van der Waals surface area contributed by atoms with Gasteiger partial charge in [-0.15, -0.1) is 0 Å². The van der Waals surface area contributed by atoms with E-state index in [1.54, 1.807) is 0 Å². The van der Waals surface area contributed by atoms with Gasteiger partial charge in [0.2, 0.25) is 20.0 Å². The molecular formula is C18H19F3N4O7S3. The number of thiazole rings is 1. The van der Waals surface area contributed by atoms with Crippen LogP contribution in [0.3, 0.4) is 0 Å². The summed E-state index contributed by atoms with van der Waals surface area (Å²) in [5.41, 5.74) is -0.858. The van der Waals surface area contributed by atoms with Crippen LogP contribution in [0.1, 0.15) is 20.9 Å². The molecule has 1 aliphatic heterocycles. The Hall–Kier alpha value is -2.76. The van der Waals surface area contributed by atoms with E-state index in [9.17, 15) is 44.7 Å². The molecule has 0 spiro atoms. The smallest absolute Gasteiger partial charge is 0.416 e. The zero-order valence-electron chi connectivity index (χ0n) is 18.1. The number of sulfonamides is 2. The standard InChI is InChI=1S/C18H19F3N4O7S3/c1-10-14(15(26)23-34(2,29)30)33-17(22-10)24-7-8-25(13(9-24)16(27)28)35(31,32)12-5-3-11(4-6-12)18(19,20)21/h3-6,13H,7-9H2,1-2H3,(H,23,26)(H,27,28)/t13-/m1/s1. The van der Waals surface area contributed by atoms with Crippen molar-refractivity contribution >= 4 is 48.4 Å². The predicted molar refractivity (Wildman–Crippen MR) is 118 cm³/mol. The Morgan fingerprint density at radius 1 is 1.14 bits per heavy atom. The van der Waals surface area contributed by atoms with Gasteiger partial charge in [-0.2, -0.15) is 17.5 Å². The molecule has 1 aromatic carbocycles. The van der Waals surface area contributed by atoms with E-state index in [1.165, 1.54) is 11.8 Å². The van der Waals surface area contributed by atoms with Crippen LogP contribution >= 0.6 is 11.3 Å². The summed E-state index contributed by atoms with van der Waals surface area (Å²) in [5.74, 6) is -2.40. The van der Waals surface area contributed by atoms with Gasteiger partial charge in [0, 0.05) is 19.6 Å². The fourth-order valence-electron chi connectivity index (χ4n) is 3.32. The number of carbonyl (C=O) groups excluding carboxylic acids is 1. The first kappa shape index (κ1) is 26.8. The van der Waals surface area contributed by atoms with Crippen LogP contribution in [0.4, 0.5) is 18.3 Å². The van der Waals surface area contributed by atoms with Crippen molar-refractivity contribution < 1.29 is 44.7 Å². The number of carbonyl (C=O) groups is 2. The molecule has 2 aromatic rings. The van der Waals surface area contributed by atoms with Crippen LogP contribution in [-0.4, -0.2) is 75.0 Å². The molecule has 1 saturated heterocycles. The molecule has 2 heterocycles. The number of nitrogens with one attached hydrogen (secondary N) is 1. The molecule has 0 radical (unpaired) electrons. The normalized spacial score (nSPS) is 17.9. The van der Waals surface area contributed by atoms with Crippen LogP contribution in [0.15, 0.2) is 29.2 Å². The number of halogens is 3. The predicted octanol–water partition coefficient (Wildman–Crippen LogP) is 1.12. The highest BCUT2D eigenvalue weighted by Crippen LogP contribution is 2.32. The lowest BCUT2D eigenvalue weighted by Gasteiger charge is -2.38. The number of carboxylic acid groups (broad SMARTS) is 1. The summed E-state index contributed by atoms with van der Waals surface area (Å²) in [6.07, 6.45) is -3.86. The summed E-state index contributed by atoms with van der Waals surface area (Å²) in [7, 11) is -8.28. The fourth-order valence-corrected chi connectivity index (χ4v) is 6.39. The summed E-state index contributed by atoms with van der Waals surface area (Å²) in [4.78, 5) is 29.2. The third-order valence-electron chi connectivity index (χ3n) is 4.94. The zero-order chi connectivity index (χ0) is 26.3. The highest BCUT2D eigenvalue weighted by atomic mass is 32.2. The average molecular weight is 557 g/mol. The van der Waals surface area contributed by atoms with Gasteiger partial charge in [-0.25, -0.2) is 26.5 Å². The largest absolute Gasteiger partial charge is 0.480 e. The number of anilines is 1. The summed E-state index contributed by atoms with van der Waals surface area (Å²) < 4.78 is 89.6. The number of rotatable bonds is 6. The van der Waals surface area contributed by atoms with E-state index in [1.807, 2.05) is 4.72 Å². The van der Waals surface area contributed by atoms with Crippen molar-refractivity contribution in [1.29, 1.82) is 0 Å². The first-order chi connectivity index (χ1) is 16.0. The summed E-state index contributed by atoms with van der Waals surface area (Å²) in [5, 5.41) is 9.86. The van der Waals surface area contributed by atoms with Gasteiger partial charge in [-0.3, -0.25) is 9.59 Å². The minimum Gasteiger partial charge on any atom is -0.480 e. The van der Waals surface area contributed by atoms with E-state index in [-0.39, 0.29) is 35.3 Å². The van der Waals surface area contributed by atoms with Crippen LogP contribution in [0.25, 0.3) is 0 Å². The molecule has 1 atom stereocenters. The number of aliphatic carboxylic acids is 1. The topological polar surface area (TPSA) is 154 Å². The first-order valence-electron chi connectivity index (χ1n) is 9.67. The van der Waals surface area contributed by atoms with E-state index in [2.05, 4.69) is 4.98 Å². The zero-order valence-corrected chi connectivity index (χ0v) is 20.6. The summed E-state index contributed by atoms with van der Waals surface area (Å²) in [6.45, 7) is 0.722. The number of carboxylic acids is 1. The van der Waals surface area contributed by atoms with Crippen LogP contribution in [0.5, 0.6) is 0 Å². The fraction of sp³-hybridized carbons (Fsp3) is 0.389. The molecule has 11 nitrogen and oxygen atoms in total. The van der Waals surface area contributed by atoms with Crippen molar-refractivity contribution in [2.45, 2.75) is 24.0 Å². The molecule has 0 saturated carbocycles. The van der Waals surface area contributed by atoms with Crippen molar-refractivity contribution in [2.24, 2.45) is 0 Å². The molecule has 1 fully saturated rings. The Morgan fingerprint density at radius 3 is 2.26 bits per heavy atom. The van der Waals surface area contributed by atoms with Gasteiger partial charge in [0.1, 0.15) is 10.9 Å². The third-order valence-corrected chi connectivity index (χ3v) is 8.64. The monoisotopic (exact) mass is 556 g/mol. The van der Waals surface area contributed by atoms with Crippen molar-refractivity contribution in [3.63, 3.8) is 0 Å². The van der Waals surface area contributed by atoms with Crippen LogP contribution in [0, 0.1) is 6.92 Å². The van der Waals surface area contributed by atoms with Gasteiger partial charge in [0.15, 0.2) is 5.13 Å². The Balaban J connectivity index is 1.85. The molecule has 0 unspecified atom stereocenters. The molecule has 3 rings (SSSR count). The minimum absolute atomic E-state index is 0.0166. The van der Waals surface area contributed by atoms with Crippen molar-refractivity contribution in [1.82, 2.24) is 14.0 Å². The van der Waals surface area contributed by atoms with Gasteiger partial charge in [0.25, 0.3) is 5.91 Å². The van der Waals surface area contributed by atoms with Gasteiger partial charge in [0.05, 0.1) is 22.4 Å². The number of amides is 1. The maximum atomic E-state index is 13.0. The first-order valence-corrected chi connectivity index (χ1v) is 13.8. The van der Waals surface area contributed by atoms with Crippen LogP contribution in [-0.2, 0) is 31.0 Å². The second-order valence-electron chi connectivity index (χ2n) is 7.55. The SMILES string of the molecule is Cc1nc(N2CCN(S(=O)(=O)c3ccc(C(F)(F)F)cc3)[C@@H](C(=O)O)C2)sc1C(=O)NS(C)(=O)=O. The number of aromatic nitrogens is 1. The van der Waals surface area contributed by atoms with E-state index < -0.39 is 54.6 Å². The van der Waals surface area contributed by atoms with Crippen molar-refractivity contribution in [3.05, 3.63) is 40.4 Å². The lowest BCUT2D eigenvalue weighted by Crippen LogP contribution is -2.58. The minimum atomic E-state index is -4.67.